The Kier molecular flexibility index (Phi) is 4.35. The number of nitrogens with zero attached hydrogens (tertiary/aromatic N) is 2. The van der Waals surface area contributed by atoms with Crippen molar-refractivity contribution in [1.82, 2.24) is 9.55 Å². The van der Waals surface area contributed by atoms with Crippen LogP contribution in [0.15, 0.2) is 12.4 Å². The molecule has 92 valence electrons. The van der Waals surface area contributed by atoms with E-state index in [1.165, 1.54) is 0 Å². The molecule has 6 heteroatoms. The summed E-state index contributed by atoms with van der Waals surface area (Å²) in [5.41, 5.74) is 5.64. The molecule has 0 amide bonds. The van der Waals surface area contributed by atoms with Crippen molar-refractivity contribution >= 4 is 0 Å². The molecule has 0 fully saturated rings. The number of hydrogen-bond donors (Lipinski definition) is 1. The predicted molar refractivity (Wildman–Crippen MR) is 54.9 cm³/mol. The summed E-state index contributed by atoms with van der Waals surface area (Å²) in [5.74, 6) is 0.747. The Labute approximate surface area is 92.5 Å². The second kappa shape index (κ2) is 5.34. The molecular weight excluding hydrogens is 219 g/mol. The summed E-state index contributed by atoms with van der Waals surface area (Å²) in [5, 5.41) is 0. The van der Waals surface area contributed by atoms with Gasteiger partial charge in [-0.3, -0.25) is 0 Å². The first-order chi connectivity index (χ1) is 7.42. The number of alkyl halides is 3. The van der Waals surface area contributed by atoms with Gasteiger partial charge < -0.3 is 10.3 Å². The Morgan fingerprint density at radius 2 is 2.19 bits per heavy atom. The van der Waals surface area contributed by atoms with Crippen molar-refractivity contribution in [3.63, 3.8) is 0 Å². The van der Waals surface area contributed by atoms with Crippen LogP contribution in [0.3, 0.4) is 0 Å². The van der Waals surface area contributed by atoms with Crippen molar-refractivity contribution < 1.29 is 13.2 Å². The van der Waals surface area contributed by atoms with Crippen molar-refractivity contribution in [2.75, 3.05) is 0 Å². The van der Waals surface area contributed by atoms with Gasteiger partial charge in [-0.2, -0.15) is 13.2 Å². The molecule has 0 aliphatic carbocycles. The zero-order chi connectivity index (χ0) is 12.2. The number of aryl methyl sites for hydroxylation is 1. The third-order valence-electron chi connectivity index (χ3n) is 2.39. The summed E-state index contributed by atoms with van der Waals surface area (Å²) in [7, 11) is 0. The first kappa shape index (κ1) is 13.0. The Balaban J connectivity index is 2.42. The lowest BCUT2D eigenvalue weighted by Gasteiger charge is -2.13. The maximum Gasteiger partial charge on any atom is 0.389 e. The lowest BCUT2D eigenvalue weighted by Crippen LogP contribution is -2.26. The van der Waals surface area contributed by atoms with E-state index in [2.05, 4.69) is 4.98 Å². The summed E-state index contributed by atoms with van der Waals surface area (Å²) in [6, 6.07) is -0.491. The molecule has 0 saturated carbocycles. The molecule has 0 saturated heterocycles. The van der Waals surface area contributed by atoms with Gasteiger partial charge in [-0.05, 0) is 13.3 Å². The van der Waals surface area contributed by atoms with E-state index in [0.717, 1.165) is 12.4 Å². The van der Waals surface area contributed by atoms with Gasteiger partial charge >= 0.3 is 6.18 Å². The average Bonchev–Trinajstić information content (AvgIpc) is 2.61. The largest absolute Gasteiger partial charge is 0.389 e. The Bertz CT molecular complexity index is 319. The topological polar surface area (TPSA) is 43.8 Å². The van der Waals surface area contributed by atoms with Gasteiger partial charge in [0.2, 0.25) is 0 Å². The highest BCUT2D eigenvalue weighted by atomic mass is 19.4. The molecule has 1 aromatic heterocycles. The average molecular weight is 235 g/mol. The Hall–Kier alpha value is -1.04. The van der Waals surface area contributed by atoms with Crippen LogP contribution in [0.25, 0.3) is 0 Å². The van der Waals surface area contributed by atoms with Crippen LogP contribution in [-0.4, -0.2) is 21.8 Å². The standard InChI is InChI=1S/C10H16F3N3/c1-2-16-6-5-15-9(16)7-8(14)3-4-10(11,12)13/h5-6,8H,2-4,7,14H2,1H3. The van der Waals surface area contributed by atoms with Crippen LogP contribution in [0.2, 0.25) is 0 Å². The molecule has 3 nitrogen and oxygen atoms in total. The second-order valence-electron chi connectivity index (χ2n) is 3.75. The SMILES string of the molecule is CCn1ccnc1CC(N)CCC(F)(F)F. The van der Waals surface area contributed by atoms with Gasteiger partial charge in [0.25, 0.3) is 0 Å². The maximum absolute atomic E-state index is 12.0. The van der Waals surface area contributed by atoms with E-state index in [1.807, 2.05) is 11.5 Å². The van der Waals surface area contributed by atoms with Crippen LogP contribution >= 0.6 is 0 Å². The lowest BCUT2D eigenvalue weighted by atomic mass is 10.1. The van der Waals surface area contributed by atoms with E-state index >= 15 is 0 Å². The minimum atomic E-state index is -4.13. The van der Waals surface area contributed by atoms with Crippen LogP contribution in [-0.2, 0) is 13.0 Å². The highest BCUT2D eigenvalue weighted by Crippen LogP contribution is 2.22. The fourth-order valence-electron chi connectivity index (χ4n) is 1.50. The van der Waals surface area contributed by atoms with Crippen molar-refractivity contribution in [1.29, 1.82) is 0 Å². The first-order valence-electron chi connectivity index (χ1n) is 5.24. The van der Waals surface area contributed by atoms with Crippen molar-refractivity contribution in [3.05, 3.63) is 18.2 Å². The minimum Gasteiger partial charge on any atom is -0.335 e. The normalized spacial score (nSPS) is 14.1. The number of aromatic nitrogens is 2. The van der Waals surface area contributed by atoms with E-state index in [9.17, 15) is 13.2 Å². The van der Waals surface area contributed by atoms with Crippen molar-refractivity contribution in [2.45, 2.75) is 44.9 Å². The summed E-state index contributed by atoms with van der Waals surface area (Å²) in [6.07, 6.45) is -1.20. The summed E-state index contributed by atoms with van der Waals surface area (Å²) in [6.45, 7) is 2.70. The zero-order valence-corrected chi connectivity index (χ0v) is 9.17. The smallest absolute Gasteiger partial charge is 0.335 e. The van der Waals surface area contributed by atoms with Crippen LogP contribution in [0, 0.1) is 0 Å². The van der Waals surface area contributed by atoms with Crippen LogP contribution < -0.4 is 5.73 Å². The van der Waals surface area contributed by atoms with Crippen molar-refractivity contribution in [2.24, 2.45) is 5.73 Å². The predicted octanol–water partition coefficient (Wildman–Crippen LogP) is 2.12. The molecule has 1 heterocycles. The fourth-order valence-corrected chi connectivity index (χ4v) is 1.50. The molecule has 0 aliphatic heterocycles. The highest BCUT2D eigenvalue weighted by Gasteiger charge is 2.27. The molecule has 0 radical (unpaired) electrons. The van der Waals surface area contributed by atoms with Crippen LogP contribution in [0.1, 0.15) is 25.6 Å². The maximum atomic E-state index is 12.0. The molecule has 16 heavy (non-hydrogen) atoms. The monoisotopic (exact) mass is 235 g/mol. The van der Waals surface area contributed by atoms with E-state index in [1.54, 1.807) is 12.4 Å². The number of imidazole rings is 1. The van der Waals surface area contributed by atoms with E-state index in [4.69, 9.17) is 5.73 Å². The van der Waals surface area contributed by atoms with Crippen LogP contribution in [0.4, 0.5) is 13.2 Å². The van der Waals surface area contributed by atoms with Gasteiger partial charge in [0, 0.05) is 37.8 Å². The number of nitrogens with two attached hydrogens (primary N) is 1. The molecule has 1 aromatic rings. The van der Waals surface area contributed by atoms with Gasteiger partial charge in [0.15, 0.2) is 0 Å². The third-order valence-corrected chi connectivity index (χ3v) is 2.39. The summed E-state index contributed by atoms with van der Waals surface area (Å²) in [4.78, 5) is 4.07. The van der Waals surface area contributed by atoms with E-state index < -0.39 is 18.6 Å². The van der Waals surface area contributed by atoms with E-state index in [0.29, 0.717) is 6.42 Å². The molecular formula is C10H16F3N3. The molecule has 0 bridgehead atoms. The zero-order valence-electron chi connectivity index (χ0n) is 9.17. The Morgan fingerprint density at radius 3 is 2.75 bits per heavy atom. The highest BCUT2D eigenvalue weighted by molar-refractivity contribution is 4.94. The van der Waals surface area contributed by atoms with Gasteiger partial charge in [0.1, 0.15) is 5.82 Å². The molecule has 1 atom stereocenters. The van der Waals surface area contributed by atoms with E-state index in [-0.39, 0.29) is 6.42 Å². The summed E-state index contributed by atoms with van der Waals surface area (Å²) >= 11 is 0. The molecule has 1 unspecified atom stereocenters. The minimum absolute atomic E-state index is 0.0555. The molecule has 0 spiro atoms. The van der Waals surface area contributed by atoms with Crippen LogP contribution in [0.5, 0.6) is 0 Å². The lowest BCUT2D eigenvalue weighted by molar-refractivity contribution is -0.136. The third kappa shape index (κ3) is 4.22. The molecule has 2 N–H and O–H groups in total. The van der Waals surface area contributed by atoms with Gasteiger partial charge in [-0.15, -0.1) is 0 Å². The van der Waals surface area contributed by atoms with Crippen molar-refractivity contribution in [3.8, 4) is 0 Å². The van der Waals surface area contributed by atoms with Gasteiger partial charge in [-0.1, -0.05) is 0 Å². The Morgan fingerprint density at radius 1 is 1.50 bits per heavy atom. The quantitative estimate of drug-likeness (QED) is 0.849. The number of hydrogen-bond acceptors (Lipinski definition) is 2. The first-order valence-corrected chi connectivity index (χ1v) is 5.24. The summed E-state index contributed by atoms with van der Waals surface area (Å²) < 4.78 is 37.8. The molecule has 1 rings (SSSR count). The van der Waals surface area contributed by atoms with Gasteiger partial charge in [0.05, 0.1) is 0 Å². The number of rotatable bonds is 5. The molecule has 0 aromatic carbocycles. The fraction of sp³-hybridized carbons (Fsp3) is 0.700. The number of halogens is 3. The van der Waals surface area contributed by atoms with Gasteiger partial charge in [-0.25, -0.2) is 4.98 Å². The second-order valence-corrected chi connectivity index (χ2v) is 3.75. The molecule has 0 aliphatic rings.